The molecule has 2 heterocycles. The van der Waals surface area contributed by atoms with Crippen molar-refractivity contribution in [2.24, 2.45) is 0 Å². The highest BCUT2D eigenvalue weighted by Crippen LogP contribution is 2.23. The van der Waals surface area contributed by atoms with Gasteiger partial charge in [-0.05, 0) is 12.8 Å². The number of ether oxygens (including phenoxy) is 2. The highest BCUT2D eigenvalue weighted by Gasteiger charge is 2.45. The number of hydrogen-bond donors (Lipinski definition) is 7. The van der Waals surface area contributed by atoms with Crippen LogP contribution in [0.1, 0.15) is 19.8 Å². The van der Waals surface area contributed by atoms with Gasteiger partial charge in [-0.3, -0.25) is 0 Å². The van der Waals surface area contributed by atoms with Gasteiger partial charge in [-0.2, -0.15) is 0 Å². The van der Waals surface area contributed by atoms with Crippen LogP contribution in [-0.2, 0) is 9.47 Å². The molecule has 23 heavy (non-hydrogen) atoms. The van der Waals surface area contributed by atoms with Gasteiger partial charge < -0.3 is 45.4 Å². The molecule has 2 aliphatic rings. The zero-order valence-corrected chi connectivity index (χ0v) is 13.0. The van der Waals surface area contributed by atoms with Gasteiger partial charge in [0.1, 0.15) is 24.4 Å². The van der Waals surface area contributed by atoms with Crippen LogP contribution in [0.25, 0.3) is 0 Å². The normalized spacial score (nSPS) is 48.4. The summed E-state index contributed by atoms with van der Waals surface area (Å²) in [6, 6.07) is -0.520. The lowest BCUT2D eigenvalue weighted by atomic mass is 9.92. The molecule has 0 aromatic rings. The minimum Gasteiger partial charge on any atom is -0.394 e. The van der Waals surface area contributed by atoms with Crippen molar-refractivity contribution in [2.75, 3.05) is 13.2 Å². The first-order valence-electron chi connectivity index (χ1n) is 7.93. The molecule has 2 rings (SSSR count). The second-order valence-electron chi connectivity index (χ2n) is 6.20. The van der Waals surface area contributed by atoms with E-state index < -0.39 is 55.6 Å². The molecule has 2 aliphatic heterocycles. The standard InChI is InChI=1S/C14H27NO8/c1-2-6-3-8(17)10(18)7(15-6)5-22-14-13(21)12(20)11(19)9(4-16)23-14/h6-21H,2-5H2,1H3/t6-,7-,8+,9-,10+,11-,12+,13-,14-/m1/s1. The van der Waals surface area contributed by atoms with E-state index in [1.165, 1.54) is 0 Å². The monoisotopic (exact) mass is 337 g/mol. The van der Waals surface area contributed by atoms with Crippen molar-refractivity contribution in [1.82, 2.24) is 5.32 Å². The smallest absolute Gasteiger partial charge is 0.186 e. The minimum absolute atomic E-state index is 0.0387. The van der Waals surface area contributed by atoms with Crippen LogP contribution in [0.5, 0.6) is 0 Å². The van der Waals surface area contributed by atoms with E-state index in [1.54, 1.807) is 0 Å². The van der Waals surface area contributed by atoms with Gasteiger partial charge in [0.05, 0.1) is 31.5 Å². The molecular formula is C14H27NO8. The highest BCUT2D eigenvalue weighted by atomic mass is 16.7. The lowest BCUT2D eigenvalue weighted by Crippen LogP contribution is -2.61. The van der Waals surface area contributed by atoms with E-state index in [0.717, 1.165) is 6.42 Å². The lowest BCUT2D eigenvalue weighted by molar-refractivity contribution is -0.303. The van der Waals surface area contributed by atoms with Crippen molar-refractivity contribution in [2.45, 2.75) is 74.8 Å². The molecule has 0 unspecified atom stereocenters. The van der Waals surface area contributed by atoms with Gasteiger partial charge in [-0.25, -0.2) is 0 Å². The van der Waals surface area contributed by atoms with Gasteiger partial charge in [-0.1, -0.05) is 6.92 Å². The molecule has 9 atom stereocenters. The number of rotatable bonds is 5. The second kappa shape index (κ2) is 8.15. The molecule has 0 bridgehead atoms. The van der Waals surface area contributed by atoms with Crippen molar-refractivity contribution < 1.29 is 40.1 Å². The fraction of sp³-hybridized carbons (Fsp3) is 1.00. The zero-order valence-electron chi connectivity index (χ0n) is 13.0. The Morgan fingerprint density at radius 3 is 2.35 bits per heavy atom. The fourth-order valence-corrected chi connectivity index (χ4v) is 3.00. The maximum absolute atomic E-state index is 10.0. The maximum atomic E-state index is 10.0. The number of nitrogens with one attached hydrogen (secondary N) is 1. The average Bonchev–Trinajstić information content (AvgIpc) is 2.55. The average molecular weight is 337 g/mol. The number of aliphatic hydroxyl groups excluding tert-OH is 6. The molecule has 2 fully saturated rings. The Labute approximate surface area is 134 Å². The predicted octanol–water partition coefficient (Wildman–Crippen LogP) is -3.33. The molecule has 0 radical (unpaired) electrons. The molecule has 136 valence electrons. The van der Waals surface area contributed by atoms with Crippen LogP contribution in [0, 0.1) is 0 Å². The van der Waals surface area contributed by atoms with Gasteiger partial charge in [0, 0.05) is 6.04 Å². The van der Waals surface area contributed by atoms with E-state index in [2.05, 4.69) is 5.32 Å². The Kier molecular flexibility index (Phi) is 6.72. The van der Waals surface area contributed by atoms with Crippen molar-refractivity contribution in [1.29, 1.82) is 0 Å². The van der Waals surface area contributed by atoms with Gasteiger partial charge in [-0.15, -0.1) is 0 Å². The molecular weight excluding hydrogens is 310 g/mol. The Balaban J connectivity index is 1.93. The summed E-state index contributed by atoms with van der Waals surface area (Å²) in [6.07, 6.45) is -7.42. The maximum Gasteiger partial charge on any atom is 0.186 e. The Bertz CT molecular complexity index is 371. The van der Waals surface area contributed by atoms with Crippen molar-refractivity contribution in [3.63, 3.8) is 0 Å². The summed E-state index contributed by atoms with van der Waals surface area (Å²) in [5.74, 6) is 0. The SMILES string of the molecule is CC[C@@H]1C[C@H](O)[C@@H](O)[C@@H](CO[C@@H]2O[C@H](CO)[C@@H](O)[C@H](O)[C@H]2O)N1. The van der Waals surface area contributed by atoms with Crippen molar-refractivity contribution >= 4 is 0 Å². The van der Waals surface area contributed by atoms with E-state index in [0.29, 0.717) is 6.42 Å². The first kappa shape index (κ1) is 19.0. The lowest BCUT2D eigenvalue weighted by Gasteiger charge is -2.42. The Hall–Kier alpha value is -0.360. The van der Waals surface area contributed by atoms with E-state index in [-0.39, 0.29) is 12.6 Å². The van der Waals surface area contributed by atoms with Crippen molar-refractivity contribution in [3.8, 4) is 0 Å². The molecule has 0 aromatic carbocycles. The van der Waals surface area contributed by atoms with E-state index in [4.69, 9.17) is 14.6 Å². The molecule has 0 spiro atoms. The summed E-state index contributed by atoms with van der Waals surface area (Å²) in [7, 11) is 0. The van der Waals surface area contributed by atoms with Gasteiger partial charge in [0.25, 0.3) is 0 Å². The van der Waals surface area contributed by atoms with Crippen LogP contribution < -0.4 is 5.32 Å². The number of aliphatic hydroxyl groups is 6. The summed E-state index contributed by atoms with van der Waals surface area (Å²) in [4.78, 5) is 0. The Morgan fingerprint density at radius 1 is 1.04 bits per heavy atom. The van der Waals surface area contributed by atoms with Crippen LogP contribution >= 0.6 is 0 Å². The minimum atomic E-state index is -1.51. The van der Waals surface area contributed by atoms with Crippen molar-refractivity contribution in [3.05, 3.63) is 0 Å². The topological polar surface area (TPSA) is 152 Å². The van der Waals surface area contributed by atoms with E-state index in [1.807, 2.05) is 6.92 Å². The first-order valence-corrected chi connectivity index (χ1v) is 7.93. The van der Waals surface area contributed by atoms with Gasteiger partial charge in [0.2, 0.25) is 0 Å². The third kappa shape index (κ3) is 4.19. The van der Waals surface area contributed by atoms with Crippen LogP contribution in [0.4, 0.5) is 0 Å². The molecule has 2 saturated heterocycles. The van der Waals surface area contributed by atoms with Crippen LogP contribution in [-0.4, -0.2) is 98.9 Å². The summed E-state index contributed by atoms with van der Waals surface area (Å²) in [5, 5.41) is 61.4. The summed E-state index contributed by atoms with van der Waals surface area (Å²) >= 11 is 0. The quantitative estimate of drug-likeness (QED) is 0.273. The first-order chi connectivity index (χ1) is 10.9. The van der Waals surface area contributed by atoms with Crippen LogP contribution in [0.15, 0.2) is 0 Å². The largest absolute Gasteiger partial charge is 0.394 e. The summed E-state index contributed by atoms with van der Waals surface area (Å²) in [5.41, 5.74) is 0. The molecule has 0 aromatic heterocycles. The molecule has 0 saturated carbocycles. The second-order valence-corrected chi connectivity index (χ2v) is 6.20. The molecule has 7 N–H and O–H groups in total. The molecule has 0 amide bonds. The third-order valence-electron chi connectivity index (χ3n) is 4.56. The third-order valence-corrected chi connectivity index (χ3v) is 4.56. The summed E-state index contributed by atoms with van der Waals surface area (Å²) < 4.78 is 10.6. The summed E-state index contributed by atoms with van der Waals surface area (Å²) in [6.45, 7) is 1.35. The highest BCUT2D eigenvalue weighted by molar-refractivity contribution is 4.93. The molecule has 9 heteroatoms. The number of hydrogen-bond acceptors (Lipinski definition) is 9. The number of piperidine rings is 1. The predicted molar refractivity (Wildman–Crippen MR) is 77.4 cm³/mol. The van der Waals surface area contributed by atoms with Gasteiger partial charge >= 0.3 is 0 Å². The molecule has 9 nitrogen and oxygen atoms in total. The van der Waals surface area contributed by atoms with Gasteiger partial charge in [0.15, 0.2) is 6.29 Å². The Morgan fingerprint density at radius 2 is 1.74 bits per heavy atom. The van der Waals surface area contributed by atoms with Crippen LogP contribution in [0.3, 0.4) is 0 Å². The fourth-order valence-electron chi connectivity index (χ4n) is 3.00. The zero-order chi connectivity index (χ0) is 17.1. The van der Waals surface area contributed by atoms with E-state index in [9.17, 15) is 25.5 Å². The van der Waals surface area contributed by atoms with Crippen LogP contribution in [0.2, 0.25) is 0 Å². The molecule has 0 aliphatic carbocycles. The van der Waals surface area contributed by atoms with E-state index >= 15 is 0 Å².